The first-order valence-corrected chi connectivity index (χ1v) is 7.13. The van der Waals surface area contributed by atoms with Crippen LogP contribution in [0.3, 0.4) is 0 Å². The molecule has 100 valence electrons. The van der Waals surface area contributed by atoms with Crippen molar-refractivity contribution in [3.63, 3.8) is 0 Å². The number of rotatable bonds is 5. The number of hydrogen-bond donors (Lipinski definition) is 2. The summed E-state index contributed by atoms with van der Waals surface area (Å²) in [7, 11) is 0. The third-order valence-corrected chi connectivity index (χ3v) is 3.81. The molecule has 0 aliphatic rings. The normalized spacial score (nSPS) is 10.5. The van der Waals surface area contributed by atoms with E-state index in [-0.39, 0.29) is 0 Å². The van der Waals surface area contributed by atoms with Gasteiger partial charge in [-0.05, 0) is 25.5 Å². The van der Waals surface area contributed by atoms with E-state index in [9.17, 15) is 0 Å². The maximum Gasteiger partial charge on any atom is 0.147 e. The fourth-order valence-electron chi connectivity index (χ4n) is 1.72. The molecular weight excluding hydrogens is 256 g/mol. The highest BCUT2D eigenvalue weighted by Gasteiger charge is 2.11. The van der Waals surface area contributed by atoms with E-state index in [0.717, 1.165) is 34.2 Å². The van der Waals surface area contributed by atoms with Crippen molar-refractivity contribution >= 4 is 17.6 Å². The number of nitrogens with zero attached hydrogens (tertiary/aromatic N) is 2. The summed E-state index contributed by atoms with van der Waals surface area (Å²) in [6, 6.07) is 10.2. The molecule has 0 aliphatic heterocycles. The lowest BCUT2D eigenvalue weighted by Crippen LogP contribution is -2.13. The minimum absolute atomic E-state index is 0.705. The molecule has 2 rings (SSSR count). The Labute approximate surface area is 117 Å². The van der Waals surface area contributed by atoms with Gasteiger partial charge in [-0.2, -0.15) is 0 Å². The molecule has 0 aliphatic carbocycles. The average molecular weight is 274 g/mol. The van der Waals surface area contributed by atoms with Crippen molar-refractivity contribution in [3.8, 4) is 0 Å². The van der Waals surface area contributed by atoms with Crippen molar-refractivity contribution in [2.24, 2.45) is 5.84 Å². The molecule has 4 nitrogen and oxygen atoms in total. The fraction of sp³-hybridized carbons (Fsp3) is 0.286. The minimum atomic E-state index is 0.705. The fourth-order valence-corrected chi connectivity index (χ4v) is 2.63. The van der Waals surface area contributed by atoms with Crippen molar-refractivity contribution in [2.75, 3.05) is 5.43 Å². The maximum absolute atomic E-state index is 5.53. The average Bonchev–Trinajstić information content (AvgIpc) is 2.43. The highest BCUT2D eigenvalue weighted by atomic mass is 32.2. The standard InChI is InChI=1S/C14H18N4S/c1-3-7-12-16-13(18-15)10(2)14(17-12)19-11-8-5-4-6-9-11/h4-6,8-9H,3,7,15H2,1-2H3,(H,16,17,18). The monoisotopic (exact) mass is 274 g/mol. The van der Waals surface area contributed by atoms with Gasteiger partial charge in [0.2, 0.25) is 0 Å². The predicted octanol–water partition coefficient (Wildman–Crippen LogP) is 3.17. The molecule has 5 heteroatoms. The number of benzene rings is 1. The van der Waals surface area contributed by atoms with Crippen LogP contribution in [0.2, 0.25) is 0 Å². The summed E-state index contributed by atoms with van der Waals surface area (Å²) < 4.78 is 0. The summed E-state index contributed by atoms with van der Waals surface area (Å²) in [5, 5.41) is 0.956. The quantitative estimate of drug-likeness (QED) is 0.498. The van der Waals surface area contributed by atoms with E-state index >= 15 is 0 Å². The van der Waals surface area contributed by atoms with E-state index < -0.39 is 0 Å². The molecule has 0 fully saturated rings. The molecular formula is C14H18N4S. The zero-order valence-electron chi connectivity index (χ0n) is 11.2. The van der Waals surface area contributed by atoms with E-state index in [1.807, 2.05) is 25.1 Å². The number of nitrogens with one attached hydrogen (secondary N) is 1. The Morgan fingerprint density at radius 3 is 2.58 bits per heavy atom. The van der Waals surface area contributed by atoms with E-state index in [0.29, 0.717) is 5.82 Å². The second-order valence-corrected chi connectivity index (χ2v) is 5.29. The lowest BCUT2D eigenvalue weighted by Gasteiger charge is -2.11. The van der Waals surface area contributed by atoms with E-state index in [2.05, 4.69) is 34.5 Å². The van der Waals surface area contributed by atoms with Crippen molar-refractivity contribution in [2.45, 2.75) is 36.6 Å². The van der Waals surface area contributed by atoms with Crippen molar-refractivity contribution in [1.82, 2.24) is 9.97 Å². The Balaban J connectivity index is 2.35. The van der Waals surface area contributed by atoms with Gasteiger partial charge in [0, 0.05) is 16.9 Å². The van der Waals surface area contributed by atoms with Gasteiger partial charge < -0.3 is 5.43 Å². The van der Waals surface area contributed by atoms with Crippen LogP contribution in [0.4, 0.5) is 5.82 Å². The van der Waals surface area contributed by atoms with Crippen LogP contribution >= 0.6 is 11.8 Å². The Morgan fingerprint density at radius 2 is 1.95 bits per heavy atom. The molecule has 3 N–H and O–H groups in total. The number of nitrogen functional groups attached to an aromatic ring is 1. The number of hydrogen-bond acceptors (Lipinski definition) is 5. The van der Waals surface area contributed by atoms with Crippen LogP contribution in [0.1, 0.15) is 24.7 Å². The highest BCUT2D eigenvalue weighted by Crippen LogP contribution is 2.30. The summed E-state index contributed by atoms with van der Waals surface area (Å²) >= 11 is 1.64. The van der Waals surface area contributed by atoms with Crippen LogP contribution in [0.25, 0.3) is 0 Å². The molecule has 0 saturated heterocycles. The number of anilines is 1. The van der Waals surface area contributed by atoms with E-state index in [1.165, 1.54) is 0 Å². The largest absolute Gasteiger partial charge is 0.308 e. The molecule has 19 heavy (non-hydrogen) atoms. The Bertz CT molecular complexity index is 543. The maximum atomic E-state index is 5.53. The smallest absolute Gasteiger partial charge is 0.147 e. The third kappa shape index (κ3) is 3.45. The van der Waals surface area contributed by atoms with Gasteiger partial charge in [-0.1, -0.05) is 36.9 Å². The molecule has 0 spiro atoms. The molecule has 0 atom stereocenters. The van der Waals surface area contributed by atoms with Crippen LogP contribution in [0.5, 0.6) is 0 Å². The summed E-state index contributed by atoms with van der Waals surface area (Å²) in [6.45, 7) is 4.10. The zero-order chi connectivity index (χ0) is 13.7. The van der Waals surface area contributed by atoms with Gasteiger partial charge in [-0.25, -0.2) is 15.8 Å². The van der Waals surface area contributed by atoms with E-state index in [4.69, 9.17) is 5.84 Å². The molecule has 0 radical (unpaired) electrons. The Hall–Kier alpha value is -1.59. The number of nitrogens with two attached hydrogens (primary N) is 1. The summed E-state index contributed by atoms with van der Waals surface area (Å²) in [5.74, 6) is 7.07. The third-order valence-electron chi connectivity index (χ3n) is 2.72. The second kappa shape index (κ2) is 6.54. The molecule has 1 aromatic heterocycles. The van der Waals surface area contributed by atoms with Crippen LogP contribution < -0.4 is 11.3 Å². The van der Waals surface area contributed by atoms with Crippen LogP contribution in [-0.2, 0) is 6.42 Å². The van der Waals surface area contributed by atoms with Gasteiger partial charge in [0.05, 0.1) is 0 Å². The summed E-state index contributed by atoms with van der Waals surface area (Å²) in [6.07, 6.45) is 1.87. The van der Waals surface area contributed by atoms with Gasteiger partial charge in [-0.3, -0.25) is 0 Å². The second-order valence-electron chi connectivity index (χ2n) is 4.23. The Kier molecular flexibility index (Phi) is 4.76. The number of aromatic nitrogens is 2. The van der Waals surface area contributed by atoms with Crippen LogP contribution in [-0.4, -0.2) is 9.97 Å². The zero-order valence-corrected chi connectivity index (χ0v) is 12.0. The summed E-state index contributed by atoms with van der Waals surface area (Å²) in [5.41, 5.74) is 3.64. The first kappa shape index (κ1) is 13.8. The van der Waals surface area contributed by atoms with Gasteiger partial charge >= 0.3 is 0 Å². The van der Waals surface area contributed by atoms with Gasteiger partial charge in [0.25, 0.3) is 0 Å². The summed E-state index contributed by atoms with van der Waals surface area (Å²) in [4.78, 5) is 10.2. The first-order valence-electron chi connectivity index (χ1n) is 6.31. The Morgan fingerprint density at radius 1 is 1.21 bits per heavy atom. The number of hydrazine groups is 1. The van der Waals surface area contributed by atoms with Crippen LogP contribution in [0.15, 0.2) is 40.3 Å². The topological polar surface area (TPSA) is 63.8 Å². The first-order chi connectivity index (χ1) is 9.24. The predicted molar refractivity (Wildman–Crippen MR) is 79.1 cm³/mol. The molecule has 1 heterocycles. The van der Waals surface area contributed by atoms with Gasteiger partial charge in [-0.15, -0.1) is 0 Å². The molecule has 0 saturated carbocycles. The molecule has 0 unspecified atom stereocenters. The van der Waals surface area contributed by atoms with Crippen molar-refractivity contribution < 1.29 is 0 Å². The SMILES string of the molecule is CCCc1nc(NN)c(C)c(Sc2ccccc2)n1. The molecule has 0 bridgehead atoms. The molecule has 1 aromatic carbocycles. The van der Waals surface area contributed by atoms with Crippen molar-refractivity contribution in [3.05, 3.63) is 41.7 Å². The van der Waals surface area contributed by atoms with Crippen LogP contribution in [0, 0.1) is 6.92 Å². The lowest BCUT2D eigenvalue weighted by atomic mass is 10.3. The molecule has 0 amide bonds. The van der Waals surface area contributed by atoms with Gasteiger partial charge in [0.1, 0.15) is 16.7 Å². The lowest BCUT2D eigenvalue weighted by molar-refractivity contribution is 0.802. The van der Waals surface area contributed by atoms with E-state index in [1.54, 1.807) is 11.8 Å². The van der Waals surface area contributed by atoms with Gasteiger partial charge in [0.15, 0.2) is 0 Å². The molecule has 2 aromatic rings. The number of aryl methyl sites for hydroxylation is 1. The minimum Gasteiger partial charge on any atom is -0.308 e. The van der Waals surface area contributed by atoms with Crippen molar-refractivity contribution in [1.29, 1.82) is 0 Å². The highest BCUT2D eigenvalue weighted by molar-refractivity contribution is 7.99.